The van der Waals surface area contributed by atoms with Crippen molar-refractivity contribution in [2.45, 2.75) is 32.7 Å². The van der Waals surface area contributed by atoms with E-state index in [9.17, 15) is 0 Å². The zero-order valence-electron chi connectivity index (χ0n) is 15.1. The number of aromatic nitrogens is 3. The van der Waals surface area contributed by atoms with Crippen molar-refractivity contribution in [1.29, 1.82) is 0 Å². The SMILES string of the molecule is Cc1cc2cc(-c3cnc4[nH]cc(C)c4c3)cc([C@H]3CCCN3)c2cn1. The lowest BCUT2D eigenvalue weighted by atomic mass is 9.93. The van der Waals surface area contributed by atoms with Gasteiger partial charge in [0, 0.05) is 46.7 Å². The Morgan fingerprint density at radius 1 is 0.962 bits per heavy atom. The number of rotatable bonds is 2. The fourth-order valence-electron chi connectivity index (χ4n) is 4.09. The average molecular weight is 342 g/mol. The molecule has 2 N–H and O–H groups in total. The Balaban J connectivity index is 1.74. The van der Waals surface area contributed by atoms with Crippen LogP contribution in [0.5, 0.6) is 0 Å². The van der Waals surface area contributed by atoms with Crippen LogP contribution in [-0.4, -0.2) is 21.5 Å². The highest BCUT2D eigenvalue weighted by Gasteiger charge is 2.20. The van der Waals surface area contributed by atoms with Gasteiger partial charge < -0.3 is 10.3 Å². The van der Waals surface area contributed by atoms with Crippen LogP contribution in [0.25, 0.3) is 32.9 Å². The van der Waals surface area contributed by atoms with Gasteiger partial charge in [0.1, 0.15) is 5.65 Å². The summed E-state index contributed by atoms with van der Waals surface area (Å²) in [6.45, 7) is 5.26. The molecule has 1 saturated heterocycles. The number of aryl methyl sites for hydroxylation is 2. The molecule has 4 heteroatoms. The average Bonchev–Trinajstić information content (AvgIpc) is 3.31. The van der Waals surface area contributed by atoms with Crippen LogP contribution in [-0.2, 0) is 0 Å². The van der Waals surface area contributed by atoms with E-state index >= 15 is 0 Å². The number of nitrogens with zero attached hydrogens (tertiary/aromatic N) is 2. The second kappa shape index (κ2) is 5.92. The molecule has 0 aliphatic carbocycles. The summed E-state index contributed by atoms with van der Waals surface area (Å²) in [5.74, 6) is 0. The zero-order chi connectivity index (χ0) is 17.7. The standard InChI is InChI=1S/C22H22N4/c1-13-10-25-22-18(13)9-17(11-26-22)15-7-16-6-14(2)24-12-20(16)19(8-15)21-4-3-5-23-21/h6-12,21,23H,3-5H2,1-2H3,(H,25,26)/t21-/m1/s1. The molecule has 0 unspecified atom stereocenters. The van der Waals surface area contributed by atoms with E-state index in [0.29, 0.717) is 6.04 Å². The molecule has 1 aromatic carbocycles. The van der Waals surface area contributed by atoms with Gasteiger partial charge in [-0.2, -0.15) is 0 Å². The lowest BCUT2D eigenvalue weighted by molar-refractivity contribution is 0.653. The van der Waals surface area contributed by atoms with E-state index in [2.05, 4.69) is 58.4 Å². The van der Waals surface area contributed by atoms with Crippen molar-refractivity contribution >= 4 is 21.8 Å². The molecule has 4 nitrogen and oxygen atoms in total. The number of fused-ring (bicyclic) bond motifs is 2. The number of hydrogen-bond acceptors (Lipinski definition) is 3. The monoisotopic (exact) mass is 342 g/mol. The number of nitrogens with one attached hydrogen (secondary N) is 2. The Kier molecular flexibility index (Phi) is 3.54. The summed E-state index contributed by atoms with van der Waals surface area (Å²) < 4.78 is 0. The molecular formula is C22H22N4. The van der Waals surface area contributed by atoms with E-state index in [1.807, 2.05) is 18.6 Å². The van der Waals surface area contributed by atoms with Crippen molar-refractivity contribution in [3.63, 3.8) is 0 Å². The Bertz CT molecular complexity index is 1120. The minimum Gasteiger partial charge on any atom is -0.346 e. The second-order valence-electron chi connectivity index (χ2n) is 7.35. The van der Waals surface area contributed by atoms with Crippen molar-refractivity contribution in [3.8, 4) is 11.1 Å². The third kappa shape index (κ3) is 2.49. The molecular weight excluding hydrogens is 320 g/mol. The zero-order valence-corrected chi connectivity index (χ0v) is 15.1. The number of benzene rings is 1. The van der Waals surface area contributed by atoms with Crippen LogP contribution in [0.4, 0.5) is 0 Å². The number of H-pyrrole nitrogens is 1. The van der Waals surface area contributed by atoms with E-state index in [-0.39, 0.29) is 0 Å². The molecule has 4 aromatic rings. The maximum atomic E-state index is 4.62. The Labute approximate surface area is 152 Å². The summed E-state index contributed by atoms with van der Waals surface area (Å²) in [5.41, 5.74) is 6.97. The molecule has 1 aliphatic rings. The third-order valence-electron chi connectivity index (χ3n) is 5.51. The molecule has 1 atom stereocenters. The van der Waals surface area contributed by atoms with Crippen LogP contribution in [0.2, 0.25) is 0 Å². The lowest BCUT2D eigenvalue weighted by Crippen LogP contribution is -2.13. The minimum absolute atomic E-state index is 0.410. The maximum Gasteiger partial charge on any atom is 0.137 e. The summed E-state index contributed by atoms with van der Waals surface area (Å²) in [5, 5.41) is 7.34. The molecule has 130 valence electrons. The highest BCUT2D eigenvalue weighted by Crippen LogP contribution is 2.35. The largest absolute Gasteiger partial charge is 0.346 e. The summed E-state index contributed by atoms with van der Waals surface area (Å²) >= 11 is 0. The second-order valence-corrected chi connectivity index (χ2v) is 7.35. The van der Waals surface area contributed by atoms with Crippen LogP contribution < -0.4 is 5.32 Å². The van der Waals surface area contributed by atoms with Crippen LogP contribution in [0, 0.1) is 13.8 Å². The van der Waals surface area contributed by atoms with Crippen molar-refractivity contribution in [1.82, 2.24) is 20.3 Å². The summed E-state index contributed by atoms with van der Waals surface area (Å²) in [7, 11) is 0. The van der Waals surface area contributed by atoms with Crippen LogP contribution in [0.1, 0.15) is 35.7 Å². The van der Waals surface area contributed by atoms with Crippen molar-refractivity contribution in [2.24, 2.45) is 0 Å². The molecule has 0 radical (unpaired) electrons. The van der Waals surface area contributed by atoms with Crippen LogP contribution in [0.3, 0.4) is 0 Å². The molecule has 26 heavy (non-hydrogen) atoms. The van der Waals surface area contributed by atoms with E-state index in [1.165, 1.54) is 45.7 Å². The summed E-state index contributed by atoms with van der Waals surface area (Å²) in [6, 6.07) is 9.44. The van der Waals surface area contributed by atoms with Gasteiger partial charge in [0.2, 0.25) is 0 Å². The lowest BCUT2D eigenvalue weighted by Gasteiger charge is -2.16. The van der Waals surface area contributed by atoms with Crippen molar-refractivity contribution in [2.75, 3.05) is 6.54 Å². The fourth-order valence-corrected chi connectivity index (χ4v) is 4.09. The minimum atomic E-state index is 0.410. The van der Waals surface area contributed by atoms with Gasteiger partial charge in [-0.3, -0.25) is 4.98 Å². The molecule has 1 aliphatic heterocycles. The Morgan fingerprint density at radius 2 is 1.88 bits per heavy atom. The summed E-state index contributed by atoms with van der Waals surface area (Å²) in [6.07, 6.45) is 8.43. The van der Waals surface area contributed by atoms with Gasteiger partial charge in [0.15, 0.2) is 0 Å². The van der Waals surface area contributed by atoms with Gasteiger partial charge in [-0.05, 0) is 79.6 Å². The number of aromatic amines is 1. The van der Waals surface area contributed by atoms with Crippen LogP contribution >= 0.6 is 0 Å². The topological polar surface area (TPSA) is 53.6 Å². The highest BCUT2D eigenvalue weighted by molar-refractivity contribution is 5.92. The van der Waals surface area contributed by atoms with E-state index in [4.69, 9.17) is 0 Å². The number of pyridine rings is 2. The van der Waals surface area contributed by atoms with Gasteiger partial charge in [0.25, 0.3) is 0 Å². The molecule has 0 amide bonds. The van der Waals surface area contributed by atoms with Crippen molar-refractivity contribution in [3.05, 3.63) is 59.7 Å². The first-order valence-corrected chi connectivity index (χ1v) is 9.27. The molecule has 5 rings (SSSR count). The van der Waals surface area contributed by atoms with Crippen LogP contribution in [0.15, 0.2) is 42.9 Å². The Morgan fingerprint density at radius 3 is 2.73 bits per heavy atom. The van der Waals surface area contributed by atoms with Gasteiger partial charge in [0.05, 0.1) is 0 Å². The van der Waals surface area contributed by atoms with E-state index < -0.39 is 0 Å². The normalized spacial score (nSPS) is 17.4. The summed E-state index contributed by atoms with van der Waals surface area (Å²) in [4.78, 5) is 12.4. The molecule has 0 saturated carbocycles. The third-order valence-corrected chi connectivity index (χ3v) is 5.51. The molecule has 3 aromatic heterocycles. The predicted molar refractivity (Wildman–Crippen MR) is 106 cm³/mol. The van der Waals surface area contributed by atoms with Gasteiger partial charge in [-0.1, -0.05) is 0 Å². The fraction of sp³-hybridized carbons (Fsp3) is 0.273. The van der Waals surface area contributed by atoms with E-state index in [0.717, 1.165) is 23.4 Å². The molecule has 0 bridgehead atoms. The first-order chi connectivity index (χ1) is 12.7. The molecule has 1 fully saturated rings. The number of hydrogen-bond donors (Lipinski definition) is 2. The Hall–Kier alpha value is -2.72. The smallest absolute Gasteiger partial charge is 0.137 e. The first kappa shape index (κ1) is 15.5. The predicted octanol–water partition coefficient (Wildman–Crippen LogP) is 4.82. The first-order valence-electron chi connectivity index (χ1n) is 9.27. The molecule has 0 spiro atoms. The molecule has 4 heterocycles. The van der Waals surface area contributed by atoms with Gasteiger partial charge >= 0.3 is 0 Å². The highest BCUT2D eigenvalue weighted by atomic mass is 14.9. The van der Waals surface area contributed by atoms with Crippen molar-refractivity contribution < 1.29 is 0 Å². The van der Waals surface area contributed by atoms with E-state index in [1.54, 1.807) is 0 Å². The van der Waals surface area contributed by atoms with Gasteiger partial charge in [-0.15, -0.1) is 0 Å². The quantitative estimate of drug-likeness (QED) is 0.549. The van der Waals surface area contributed by atoms with Gasteiger partial charge in [-0.25, -0.2) is 4.98 Å². The maximum absolute atomic E-state index is 4.62.